The van der Waals surface area contributed by atoms with Crippen LogP contribution in [0.25, 0.3) is 0 Å². The van der Waals surface area contributed by atoms with E-state index in [-0.39, 0.29) is 18.6 Å². The molecule has 17 atom stereocenters. The van der Waals surface area contributed by atoms with E-state index in [1.54, 1.807) is 56.9 Å². The van der Waals surface area contributed by atoms with Crippen LogP contribution in [0.1, 0.15) is 97.7 Å². The minimum absolute atomic E-state index is 0. The van der Waals surface area contributed by atoms with E-state index in [0.717, 1.165) is 61.6 Å². The fourth-order valence-corrected chi connectivity index (χ4v) is 33.3. The van der Waals surface area contributed by atoms with Crippen LogP contribution < -0.4 is 0 Å². The third-order valence-electron chi connectivity index (χ3n) is 20.0. The van der Waals surface area contributed by atoms with Gasteiger partial charge in [-0.2, -0.15) is 0 Å². The van der Waals surface area contributed by atoms with Gasteiger partial charge in [-0.05, 0) is 198 Å². The molecule has 10 aliphatic carbocycles. The summed E-state index contributed by atoms with van der Waals surface area (Å²) < 4.78 is 78.1. The Hall–Kier alpha value is -0.0712. The van der Waals surface area contributed by atoms with E-state index in [4.69, 9.17) is 49.1 Å². The summed E-state index contributed by atoms with van der Waals surface area (Å²) in [6, 6.07) is 3.92. The van der Waals surface area contributed by atoms with Gasteiger partial charge in [-0.15, -0.1) is 0 Å². The predicted octanol–water partition coefficient (Wildman–Crippen LogP) is 12.5. The van der Waals surface area contributed by atoms with Crippen LogP contribution >= 0.6 is 0 Å². The SMILES string of the molecule is CO[Si](C)(CCC1CC2C=CC1C2)OC.CO[Si](CCC1CC2C=CC1C2)(OC)O[Si](CCC1CC2C=CC1C2)(OC)O[Si](CCC1CC2C=CC1C2)(OC)O[Si](CCC1CC2C=CC1C2)(OC)OC.[2H][CH2-].[V]. The van der Waals surface area contributed by atoms with Crippen LogP contribution in [0.5, 0.6) is 0 Å². The Kier molecular flexibility index (Phi) is 20.8. The van der Waals surface area contributed by atoms with Crippen molar-refractivity contribution in [3.63, 3.8) is 0 Å². The Balaban J connectivity index is 0.000000369. The normalized spacial score (nSPS) is 36.7. The molecule has 0 aromatic rings. The van der Waals surface area contributed by atoms with Crippen molar-refractivity contribution in [2.45, 2.75) is 133 Å². The van der Waals surface area contributed by atoms with Gasteiger partial charge in [-0.1, -0.05) is 60.8 Å². The number of fused-ring (bicyclic) bond motifs is 10. The summed E-state index contributed by atoms with van der Waals surface area (Å²) in [6.45, 7) is 2.16. The van der Waals surface area contributed by atoms with Gasteiger partial charge in [-0.25, -0.2) is 1.37 Å². The standard InChI is InChI=1S/C42H70O9Si4.C12H22O2Si.CH3.V/c1-43-52(44-2,19-15-39-27-31-7-11-35(39)23-31)49-54(47-5,21-17-41-29-33-9-13-37(41)25-33)51-55(48-6,22-18-42-30-34-10-14-38(42)26-34)50-53(45-3,46-4)20-16-40-28-32-8-12-36(40)24-32;1-13-15(3,14-2)7-6-12-9-10-4-5-11(12)8-10;;/h7-14,31-42H,15-30H2,1-6H3;4-5,10-12H,6-9H2,1-3H3;1H3;/q;;-1;/i;;1D;. The van der Waals surface area contributed by atoms with Crippen LogP contribution in [0.15, 0.2) is 60.8 Å². The monoisotopic (exact) mass is 1120 g/mol. The molecule has 407 valence electrons. The molecule has 10 rings (SSSR count). The van der Waals surface area contributed by atoms with Gasteiger partial charge in [0.1, 0.15) is 0 Å². The molecule has 0 spiro atoms. The van der Waals surface area contributed by atoms with E-state index in [1.807, 2.05) is 0 Å². The smallest absolute Gasteiger partial charge is 0.398 e. The molecule has 10 aliphatic rings. The minimum Gasteiger partial charge on any atom is -0.398 e. The average molecular weight is 1120 g/mol. The molecule has 72 heavy (non-hydrogen) atoms. The molecule has 0 aromatic heterocycles. The van der Waals surface area contributed by atoms with Crippen LogP contribution in [0.3, 0.4) is 0 Å². The molecule has 17 unspecified atom stereocenters. The van der Waals surface area contributed by atoms with Crippen LogP contribution in [0.4, 0.5) is 0 Å². The molecular weight excluding hydrogens is 1030 g/mol. The largest absolute Gasteiger partial charge is 0.493 e. The second kappa shape index (κ2) is 25.8. The van der Waals surface area contributed by atoms with Crippen molar-refractivity contribution in [1.29, 1.82) is 0 Å². The Morgan fingerprint density at radius 3 is 0.750 bits per heavy atom. The van der Waals surface area contributed by atoms with E-state index in [9.17, 15) is 0 Å². The molecular formula is C55H95O11Si5V-. The van der Waals surface area contributed by atoms with E-state index >= 15 is 0 Å². The second-order valence-corrected chi connectivity index (χ2v) is 39.6. The summed E-state index contributed by atoms with van der Waals surface area (Å²) in [5, 5.41) is 0. The summed E-state index contributed by atoms with van der Waals surface area (Å²) in [7, 11) is 1.11. The zero-order valence-corrected chi connectivity index (χ0v) is 52.1. The van der Waals surface area contributed by atoms with E-state index in [1.165, 1.54) is 70.6 Å². The molecule has 0 aliphatic heterocycles. The van der Waals surface area contributed by atoms with Crippen LogP contribution in [-0.4, -0.2) is 101 Å². The fraction of sp³-hybridized carbons (Fsp3) is 0.800. The topological polar surface area (TPSA) is 102 Å². The fourth-order valence-electron chi connectivity index (χ4n) is 15.5. The van der Waals surface area contributed by atoms with Gasteiger partial charge in [0, 0.05) is 99.6 Å². The second-order valence-electron chi connectivity index (χ2n) is 23.7. The van der Waals surface area contributed by atoms with E-state index in [0.29, 0.717) is 83.1 Å². The average Bonchev–Trinajstić information content (AvgIpc) is 4.28. The molecule has 5 fully saturated rings. The van der Waals surface area contributed by atoms with Gasteiger partial charge in [0.25, 0.3) is 0 Å². The maximum atomic E-state index is 7.64. The first-order valence-corrected chi connectivity index (χ1v) is 38.0. The van der Waals surface area contributed by atoms with Crippen molar-refractivity contribution in [3.8, 4) is 0 Å². The van der Waals surface area contributed by atoms with Crippen molar-refractivity contribution >= 4 is 43.8 Å². The maximum absolute atomic E-state index is 7.64. The molecule has 0 saturated heterocycles. The van der Waals surface area contributed by atoms with E-state index in [2.05, 4.69) is 74.7 Å². The molecule has 0 N–H and O–H groups in total. The van der Waals surface area contributed by atoms with Gasteiger partial charge >= 0.3 is 43.8 Å². The van der Waals surface area contributed by atoms with Crippen molar-refractivity contribution in [1.82, 2.24) is 0 Å². The van der Waals surface area contributed by atoms with Crippen molar-refractivity contribution in [2.75, 3.05) is 56.9 Å². The Labute approximate surface area is 455 Å². The molecule has 10 bridgehead atoms. The first-order valence-electron chi connectivity index (χ1n) is 28.5. The van der Waals surface area contributed by atoms with Crippen molar-refractivity contribution in [3.05, 3.63) is 68.2 Å². The molecule has 0 heterocycles. The summed E-state index contributed by atoms with van der Waals surface area (Å²) >= 11 is 0. The molecule has 11 nitrogen and oxygen atoms in total. The Morgan fingerprint density at radius 1 is 0.333 bits per heavy atom. The van der Waals surface area contributed by atoms with E-state index < -0.39 is 43.8 Å². The molecule has 17 heteroatoms. The molecule has 0 aromatic carbocycles. The molecule has 1 radical (unpaired) electrons. The summed E-state index contributed by atoms with van der Waals surface area (Å²) in [4.78, 5) is 0. The van der Waals surface area contributed by atoms with Gasteiger partial charge in [0.05, 0.1) is 0 Å². The first kappa shape index (κ1) is 58.1. The third-order valence-corrected chi connectivity index (χ3v) is 37.7. The number of allylic oxidation sites excluding steroid dienone is 10. The minimum atomic E-state index is -3.60. The van der Waals surface area contributed by atoms with Crippen LogP contribution in [0.2, 0.25) is 36.8 Å². The Bertz CT molecular complexity index is 1780. The third kappa shape index (κ3) is 13.5. The summed E-state index contributed by atoms with van der Waals surface area (Å²) in [5.74, 6) is 10.4. The molecule has 0 amide bonds. The molecule has 5 saturated carbocycles. The van der Waals surface area contributed by atoms with Crippen molar-refractivity contribution < 1.29 is 67.7 Å². The number of rotatable bonds is 29. The number of hydrogen-bond acceptors (Lipinski definition) is 11. The van der Waals surface area contributed by atoms with Crippen molar-refractivity contribution in [2.24, 2.45) is 88.8 Å². The maximum Gasteiger partial charge on any atom is 0.493 e. The quantitative estimate of drug-likeness (QED) is 0.0406. The van der Waals surface area contributed by atoms with Gasteiger partial charge in [0.2, 0.25) is 0 Å². The van der Waals surface area contributed by atoms with Gasteiger partial charge in [0.15, 0.2) is 0 Å². The zero-order chi connectivity index (χ0) is 51.2. The first-order chi connectivity index (χ1) is 34.8. The van der Waals surface area contributed by atoms with Crippen LogP contribution in [-0.2, 0) is 66.3 Å². The Morgan fingerprint density at radius 2 is 0.556 bits per heavy atom. The number of hydrogen-bond donors (Lipinski definition) is 0. The zero-order valence-electron chi connectivity index (χ0n) is 46.7. The van der Waals surface area contributed by atoms with Gasteiger partial charge < -0.3 is 55.2 Å². The predicted molar refractivity (Wildman–Crippen MR) is 292 cm³/mol. The van der Waals surface area contributed by atoms with Crippen LogP contribution in [0, 0.1) is 96.2 Å². The summed E-state index contributed by atoms with van der Waals surface area (Å²) in [6.07, 6.45) is 42.2. The summed E-state index contributed by atoms with van der Waals surface area (Å²) in [5.41, 5.74) is 0. The van der Waals surface area contributed by atoms with Gasteiger partial charge in [-0.3, -0.25) is 0 Å².